The maximum Gasteiger partial charge on any atom is 0.227 e. The van der Waals surface area contributed by atoms with Gasteiger partial charge in [0.2, 0.25) is 5.91 Å². The molecule has 1 aromatic rings. The van der Waals surface area contributed by atoms with Gasteiger partial charge in [0.25, 0.3) is 0 Å². The van der Waals surface area contributed by atoms with Crippen molar-refractivity contribution >= 4 is 5.91 Å². The summed E-state index contributed by atoms with van der Waals surface area (Å²) in [6, 6.07) is 3.94. The molecule has 18 heavy (non-hydrogen) atoms. The molecule has 5 heteroatoms. The number of nitrogens with zero attached hydrogens (tertiary/aromatic N) is 1. The molecule has 1 amide bonds. The highest BCUT2D eigenvalue weighted by Gasteiger charge is 2.33. The molecule has 1 aromatic heterocycles. The molecule has 2 N–H and O–H groups in total. The van der Waals surface area contributed by atoms with Crippen LogP contribution < -0.4 is 10.6 Å². The second-order valence-electron chi connectivity index (χ2n) is 4.39. The Morgan fingerprint density at radius 3 is 3.17 bits per heavy atom. The standard InChI is InChI=1S/C13H19N3O2/c1-2-15-12-9-18-8-11(12)13(17)16-7-10-4-3-5-14-6-10/h3-6,11-12,15H,2,7-9H2,1H3,(H,16,17). The van der Waals surface area contributed by atoms with Gasteiger partial charge in [-0.25, -0.2) is 0 Å². The van der Waals surface area contributed by atoms with Gasteiger partial charge in [-0.2, -0.15) is 0 Å². The van der Waals surface area contributed by atoms with Crippen LogP contribution in [0.4, 0.5) is 0 Å². The van der Waals surface area contributed by atoms with Crippen LogP contribution in [-0.2, 0) is 16.1 Å². The zero-order valence-corrected chi connectivity index (χ0v) is 10.6. The molecule has 0 aliphatic carbocycles. The van der Waals surface area contributed by atoms with Crippen molar-refractivity contribution < 1.29 is 9.53 Å². The monoisotopic (exact) mass is 249 g/mol. The van der Waals surface area contributed by atoms with Crippen LogP contribution in [0.2, 0.25) is 0 Å². The summed E-state index contributed by atoms with van der Waals surface area (Å²) in [7, 11) is 0. The molecule has 1 saturated heterocycles. The van der Waals surface area contributed by atoms with E-state index < -0.39 is 0 Å². The number of carbonyl (C=O) groups excluding carboxylic acids is 1. The lowest BCUT2D eigenvalue weighted by Gasteiger charge is -2.17. The summed E-state index contributed by atoms with van der Waals surface area (Å²) >= 11 is 0. The molecule has 1 aliphatic heterocycles. The van der Waals surface area contributed by atoms with Crippen molar-refractivity contribution in [1.82, 2.24) is 15.6 Å². The highest BCUT2D eigenvalue weighted by atomic mass is 16.5. The zero-order valence-electron chi connectivity index (χ0n) is 10.6. The van der Waals surface area contributed by atoms with Gasteiger partial charge >= 0.3 is 0 Å². The van der Waals surface area contributed by atoms with Gasteiger partial charge < -0.3 is 15.4 Å². The van der Waals surface area contributed by atoms with Crippen molar-refractivity contribution in [3.63, 3.8) is 0 Å². The lowest BCUT2D eigenvalue weighted by molar-refractivity contribution is -0.125. The third-order valence-corrected chi connectivity index (χ3v) is 3.07. The van der Waals surface area contributed by atoms with E-state index in [1.807, 2.05) is 19.1 Å². The van der Waals surface area contributed by atoms with Crippen molar-refractivity contribution in [2.75, 3.05) is 19.8 Å². The van der Waals surface area contributed by atoms with E-state index in [9.17, 15) is 4.79 Å². The molecule has 2 heterocycles. The first-order valence-electron chi connectivity index (χ1n) is 6.29. The molecule has 0 aromatic carbocycles. The predicted octanol–water partition coefficient (Wildman–Crippen LogP) is 0.322. The Hall–Kier alpha value is -1.46. The summed E-state index contributed by atoms with van der Waals surface area (Å²) < 4.78 is 5.36. The van der Waals surface area contributed by atoms with Gasteiger partial charge in [-0.1, -0.05) is 13.0 Å². The van der Waals surface area contributed by atoms with Crippen LogP contribution in [0.5, 0.6) is 0 Å². The molecule has 1 fully saturated rings. The summed E-state index contributed by atoms with van der Waals surface area (Å²) in [4.78, 5) is 16.1. The average Bonchev–Trinajstić information content (AvgIpc) is 2.86. The quantitative estimate of drug-likeness (QED) is 0.789. The normalized spacial score (nSPS) is 22.9. The minimum atomic E-state index is -0.0957. The number of pyridine rings is 1. The molecular weight excluding hydrogens is 230 g/mol. The minimum Gasteiger partial charge on any atom is -0.379 e. The zero-order chi connectivity index (χ0) is 12.8. The van der Waals surface area contributed by atoms with Gasteiger partial charge in [0.15, 0.2) is 0 Å². The Labute approximate surface area is 107 Å². The van der Waals surface area contributed by atoms with Crippen molar-refractivity contribution in [2.24, 2.45) is 5.92 Å². The van der Waals surface area contributed by atoms with Crippen LogP contribution in [0.1, 0.15) is 12.5 Å². The largest absolute Gasteiger partial charge is 0.379 e. The molecule has 98 valence electrons. The number of hydrogen-bond donors (Lipinski definition) is 2. The van der Waals surface area contributed by atoms with Crippen molar-refractivity contribution in [3.8, 4) is 0 Å². The number of aromatic nitrogens is 1. The smallest absolute Gasteiger partial charge is 0.227 e. The van der Waals surface area contributed by atoms with Crippen LogP contribution >= 0.6 is 0 Å². The van der Waals surface area contributed by atoms with Gasteiger partial charge in [-0.3, -0.25) is 9.78 Å². The van der Waals surface area contributed by atoms with Crippen molar-refractivity contribution in [1.29, 1.82) is 0 Å². The Morgan fingerprint density at radius 2 is 2.44 bits per heavy atom. The summed E-state index contributed by atoms with van der Waals surface area (Å²) in [6.45, 7) is 4.50. The van der Waals surface area contributed by atoms with E-state index in [1.165, 1.54) is 0 Å². The fourth-order valence-electron chi connectivity index (χ4n) is 2.10. The van der Waals surface area contributed by atoms with Gasteiger partial charge in [-0.15, -0.1) is 0 Å². The van der Waals surface area contributed by atoms with E-state index in [-0.39, 0.29) is 17.9 Å². The first-order chi connectivity index (χ1) is 8.81. The van der Waals surface area contributed by atoms with Crippen molar-refractivity contribution in [2.45, 2.75) is 19.5 Å². The highest BCUT2D eigenvalue weighted by molar-refractivity contribution is 5.79. The van der Waals surface area contributed by atoms with Gasteiger partial charge in [-0.05, 0) is 18.2 Å². The Bertz CT molecular complexity index is 383. The lowest BCUT2D eigenvalue weighted by atomic mass is 10.0. The van der Waals surface area contributed by atoms with E-state index in [2.05, 4.69) is 15.6 Å². The number of likely N-dealkylation sites (N-methyl/N-ethyl adjacent to an activating group) is 1. The molecule has 0 saturated carbocycles. The van der Waals surface area contributed by atoms with Crippen LogP contribution in [0.25, 0.3) is 0 Å². The molecule has 0 spiro atoms. The maximum atomic E-state index is 12.1. The maximum absolute atomic E-state index is 12.1. The number of rotatable bonds is 5. The summed E-state index contributed by atoms with van der Waals surface area (Å²) in [6.07, 6.45) is 3.48. The molecule has 2 atom stereocenters. The fraction of sp³-hybridized carbons (Fsp3) is 0.538. The predicted molar refractivity (Wildman–Crippen MR) is 67.9 cm³/mol. The number of ether oxygens (including phenoxy) is 1. The lowest BCUT2D eigenvalue weighted by Crippen LogP contribution is -2.43. The minimum absolute atomic E-state index is 0.0438. The van der Waals surface area contributed by atoms with Crippen LogP contribution in [-0.4, -0.2) is 36.7 Å². The fourth-order valence-corrected chi connectivity index (χ4v) is 2.10. The Morgan fingerprint density at radius 1 is 1.56 bits per heavy atom. The Balaban J connectivity index is 1.84. The van der Waals surface area contributed by atoms with Gasteiger partial charge in [0.1, 0.15) is 0 Å². The van der Waals surface area contributed by atoms with Gasteiger partial charge in [0.05, 0.1) is 19.1 Å². The van der Waals surface area contributed by atoms with Crippen LogP contribution in [0.3, 0.4) is 0 Å². The summed E-state index contributed by atoms with van der Waals surface area (Å²) in [5, 5.41) is 6.21. The van der Waals surface area contributed by atoms with Crippen LogP contribution in [0, 0.1) is 5.92 Å². The third-order valence-electron chi connectivity index (χ3n) is 3.07. The average molecular weight is 249 g/mol. The number of carbonyl (C=O) groups is 1. The second kappa shape index (κ2) is 6.47. The summed E-state index contributed by atoms with van der Waals surface area (Å²) in [5.41, 5.74) is 1.00. The number of nitrogens with one attached hydrogen (secondary N) is 2. The molecule has 2 unspecified atom stereocenters. The Kier molecular flexibility index (Phi) is 4.66. The molecular formula is C13H19N3O2. The van der Waals surface area contributed by atoms with E-state index in [0.717, 1.165) is 12.1 Å². The molecule has 1 aliphatic rings. The highest BCUT2D eigenvalue weighted by Crippen LogP contribution is 2.14. The first kappa shape index (κ1) is 13.0. The first-order valence-corrected chi connectivity index (χ1v) is 6.29. The topological polar surface area (TPSA) is 63.2 Å². The van der Waals surface area contributed by atoms with E-state index in [1.54, 1.807) is 12.4 Å². The van der Waals surface area contributed by atoms with Gasteiger partial charge in [0, 0.05) is 25.0 Å². The SMILES string of the molecule is CCNC1COCC1C(=O)NCc1cccnc1. The molecule has 0 bridgehead atoms. The molecule has 0 radical (unpaired) electrons. The van der Waals surface area contributed by atoms with E-state index in [4.69, 9.17) is 4.74 Å². The molecule has 2 rings (SSSR count). The van der Waals surface area contributed by atoms with E-state index >= 15 is 0 Å². The second-order valence-corrected chi connectivity index (χ2v) is 4.39. The number of hydrogen-bond acceptors (Lipinski definition) is 4. The molecule has 5 nitrogen and oxygen atoms in total. The van der Waals surface area contributed by atoms with E-state index in [0.29, 0.717) is 19.8 Å². The third kappa shape index (κ3) is 3.27. The van der Waals surface area contributed by atoms with Crippen molar-refractivity contribution in [3.05, 3.63) is 30.1 Å². The number of amides is 1. The summed E-state index contributed by atoms with van der Waals surface area (Å²) in [5.74, 6) is -0.0519. The van der Waals surface area contributed by atoms with Crippen LogP contribution in [0.15, 0.2) is 24.5 Å².